The number of carbonyl (C=O) groups is 3. The molecule has 1 saturated carbocycles. The number of fused-ring (bicyclic) bond motifs is 4. The molecule has 3 amide bonds. The van der Waals surface area contributed by atoms with E-state index < -0.39 is 54.1 Å². The number of H-pyrrole nitrogens is 1. The van der Waals surface area contributed by atoms with Gasteiger partial charge in [-0.15, -0.1) is 11.3 Å². The van der Waals surface area contributed by atoms with Crippen LogP contribution < -0.4 is 10.6 Å². The molecule has 8 nitrogen and oxygen atoms in total. The molecule has 0 unspecified atom stereocenters. The number of nitrogens with one attached hydrogen (secondary N) is 3. The van der Waals surface area contributed by atoms with Gasteiger partial charge in [0.15, 0.2) is 0 Å². The van der Waals surface area contributed by atoms with Gasteiger partial charge in [0.05, 0.1) is 27.2 Å². The number of rotatable bonds is 5. The summed E-state index contributed by atoms with van der Waals surface area (Å²) in [5.41, 5.74) is 0.766. The second-order valence-corrected chi connectivity index (χ2v) is 10.8. The maximum absolute atomic E-state index is 14.9. The molecule has 5 atom stereocenters. The number of nitriles is 1. The zero-order valence-corrected chi connectivity index (χ0v) is 20.2. The van der Waals surface area contributed by atoms with Gasteiger partial charge in [-0.25, -0.2) is 8.78 Å². The molecule has 2 bridgehead atoms. The maximum atomic E-state index is 14.9. The van der Waals surface area contributed by atoms with Crippen molar-refractivity contribution in [2.75, 3.05) is 6.54 Å². The van der Waals surface area contributed by atoms with Crippen molar-refractivity contribution in [2.24, 2.45) is 11.8 Å². The highest BCUT2D eigenvalue weighted by Crippen LogP contribution is 2.49. The third kappa shape index (κ3) is 4.27. The molecule has 4 aliphatic rings. The fourth-order valence-electron chi connectivity index (χ4n) is 5.68. The summed E-state index contributed by atoms with van der Waals surface area (Å²) in [4.78, 5) is 43.2. The van der Waals surface area contributed by atoms with E-state index in [2.05, 4.69) is 15.6 Å². The van der Waals surface area contributed by atoms with Gasteiger partial charge in [0.1, 0.15) is 17.8 Å². The Morgan fingerprint density at radius 2 is 2.17 bits per heavy atom. The van der Waals surface area contributed by atoms with Gasteiger partial charge >= 0.3 is 0 Å². The SMILES string of the molecule is N#C[C@@H](C[C@@H]1CCCNC1=O)NC(=O)[C@@H]1[C@@H]2CC[C@@H](CC2(F)F)N1C(=O)c1cc2scc(Cl)c2[nH]1. The Kier molecular flexibility index (Phi) is 6.21. The first-order valence-corrected chi connectivity index (χ1v) is 12.9. The van der Waals surface area contributed by atoms with Crippen molar-refractivity contribution in [1.82, 2.24) is 20.5 Å². The number of carbonyl (C=O) groups excluding carboxylic acids is 3. The molecule has 186 valence electrons. The first-order chi connectivity index (χ1) is 16.7. The molecule has 6 rings (SSSR count). The number of thiophene rings is 1. The zero-order chi connectivity index (χ0) is 24.9. The number of piperidine rings is 3. The van der Waals surface area contributed by atoms with Crippen LogP contribution in [0.25, 0.3) is 10.2 Å². The van der Waals surface area contributed by atoms with E-state index >= 15 is 0 Å². The lowest BCUT2D eigenvalue weighted by molar-refractivity contribution is -0.179. The van der Waals surface area contributed by atoms with Gasteiger partial charge in [-0.3, -0.25) is 14.4 Å². The highest BCUT2D eigenvalue weighted by atomic mass is 35.5. The topological polar surface area (TPSA) is 118 Å². The van der Waals surface area contributed by atoms with Gasteiger partial charge in [-0.1, -0.05) is 11.6 Å². The fraction of sp³-hybridized carbons (Fsp3) is 0.565. The summed E-state index contributed by atoms with van der Waals surface area (Å²) in [6, 6.07) is 0.338. The van der Waals surface area contributed by atoms with Crippen LogP contribution >= 0.6 is 22.9 Å². The average molecular weight is 524 g/mol. The largest absolute Gasteiger partial charge is 0.356 e. The van der Waals surface area contributed by atoms with E-state index in [9.17, 15) is 28.4 Å². The van der Waals surface area contributed by atoms with Crippen molar-refractivity contribution in [2.45, 2.75) is 62.6 Å². The normalized spacial score (nSPS) is 28.4. The minimum absolute atomic E-state index is 0.0879. The molecule has 1 aliphatic carbocycles. The first-order valence-electron chi connectivity index (χ1n) is 11.6. The highest BCUT2D eigenvalue weighted by molar-refractivity contribution is 7.17. The quantitative estimate of drug-likeness (QED) is 0.556. The number of alkyl halides is 2. The molecule has 2 aromatic rings. The summed E-state index contributed by atoms with van der Waals surface area (Å²) < 4.78 is 30.6. The van der Waals surface area contributed by atoms with Crippen molar-refractivity contribution >= 4 is 50.9 Å². The summed E-state index contributed by atoms with van der Waals surface area (Å²) in [5.74, 6) is -6.42. The maximum Gasteiger partial charge on any atom is 0.271 e. The number of hydrogen-bond acceptors (Lipinski definition) is 5. The second kappa shape index (κ2) is 9.06. The number of halogens is 3. The summed E-state index contributed by atoms with van der Waals surface area (Å²) in [7, 11) is 0. The average Bonchev–Trinajstić information content (AvgIpc) is 3.40. The molecular weight excluding hydrogens is 500 g/mol. The van der Waals surface area contributed by atoms with Crippen LogP contribution in [0.5, 0.6) is 0 Å². The van der Waals surface area contributed by atoms with Gasteiger partial charge in [0.25, 0.3) is 11.8 Å². The lowest BCUT2D eigenvalue weighted by Gasteiger charge is -2.53. The Morgan fingerprint density at radius 1 is 1.37 bits per heavy atom. The van der Waals surface area contributed by atoms with E-state index in [0.29, 0.717) is 29.9 Å². The Bertz CT molecular complexity index is 1220. The molecule has 0 radical (unpaired) electrons. The molecule has 5 heterocycles. The van der Waals surface area contributed by atoms with Crippen molar-refractivity contribution < 1.29 is 23.2 Å². The van der Waals surface area contributed by atoms with Crippen molar-refractivity contribution in [1.29, 1.82) is 5.26 Å². The summed E-state index contributed by atoms with van der Waals surface area (Å²) in [6.07, 6.45) is 1.41. The van der Waals surface area contributed by atoms with E-state index in [-0.39, 0.29) is 24.4 Å². The Morgan fingerprint density at radius 3 is 2.86 bits per heavy atom. The standard InChI is InChI=1S/C23H24ClF2N5O3S/c24-15-10-35-17-7-16(30-18(15)17)22(34)31-13-3-4-14(23(25,26)8-13)19(31)21(33)29-12(9-27)6-11-2-1-5-28-20(11)32/h7,10-14,19,30H,1-6,8H2,(H,28,32)(H,29,33)/t11-,12+,13-,14-,19-/m0/s1. The van der Waals surface area contributed by atoms with Gasteiger partial charge in [-0.05, 0) is 38.2 Å². The highest BCUT2D eigenvalue weighted by Gasteiger charge is 2.60. The number of hydrogen-bond donors (Lipinski definition) is 3. The summed E-state index contributed by atoms with van der Waals surface area (Å²) in [6.45, 7) is 0.567. The van der Waals surface area contributed by atoms with Crippen LogP contribution in [-0.4, -0.2) is 58.2 Å². The smallest absolute Gasteiger partial charge is 0.271 e. The van der Waals surface area contributed by atoms with Crippen LogP contribution in [-0.2, 0) is 9.59 Å². The molecule has 3 N–H and O–H groups in total. The summed E-state index contributed by atoms with van der Waals surface area (Å²) in [5, 5.41) is 17.1. The van der Waals surface area contributed by atoms with Crippen LogP contribution in [0.2, 0.25) is 5.02 Å². The Hall–Kier alpha value is -2.71. The van der Waals surface area contributed by atoms with Crippen LogP contribution in [0.1, 0.15) is 49.0 Å². The lowest BCUT2D eigenvalue weighted by atomic mass is 9.71. The van der Waals surface area contributed by atoms with E-state index in [1.807, 2.05) is 6.07 Å². The van der Waals surface area contributed by atoms with E-state index in [1.54, 1.807) is 11.4 Å². The molecule has 12 heteroatoms. The monoisotopic (exact) mass is 523 g/mol. The second-order valence-electron chi connectivity index (χ2n) is 9.52. The van der Waals surface area contributed by atoms with Crippen molar-refractivity contribution in [3.05, 3.63) is 22.2 Å². The minimum atomic E-state index is -3.10. The fourth-order valence-corrected chi connectivity index (χ4v) is 6.83. The predicted molar refractivity (Wildman–Crippen MR) is 125 cm³/mol. The van der Waals surface area contributed by atoms with E-state index in [4.69, 9.17) is 11.6 Å². The van der Waals surface area contributed by atoms with Crippen molar-refractivity contribution in [3.8, 4) is 6.07 Å². The first kappa shape index (κ1) is 24.0. The van der Waals surface area contributed by atoms with Gasteiger partial charge in [0, 0.05) is 30.3 Å². The third-order valence-corrected chi connectivity index (χ3v) is 8.73. The van der Waals surface area contributed by atoms with E-state index in [0.717, 1.165) is 11.1 Å². The van der Waals surface area contributed by atoms with Crippen LogP contribution in [0.4, 0.5) is 8.78 Å². The summed E-state index contributed by atoms with van der Waals surface area (Å²) >= 11 is 7.50. The molecule has 0 spiro atoms. The van der Waals surface area contributed by atoms with Gasteiger partial charge < -0.3 is 20.5 Å². The Balaban J connectivity index is 1.40. The van der Waals surface area contributed by atoms with Gasteiger partial charge in [0.2, 0.25) is 11.8 Å². The number of aromatic nitrogens is 1. The number of aromatic amines is 1. The molecule has 4 fully saturated rings. The lowest BCUT2D eigenvalue weighted by Crippen LogP contribution is -2.68. The third-order valence-electron chi connectivity index (χ3n) is 7.37. The van der Waals surface area contributed by atoms with Gasteiger partial charge in [-0.2, -0.15) is 5.26 Å². The van der Waals surface area contributed by atoms with E-state index in [1.165, 1.54) is 16.2 Å². The molecule has 35 heavy (non-hydrogen) atoms. The predicted octanol–water partition coefficient (Wildman–Crippen LogP) is 3.44. The van der Waals surface area contributed by atoms with Crippen LogP contribution in [0.3, 0.4) is 0 Å². The Labute approximate surface area is 209 Å². The molecular formula is C23H24ClF2N5O3S. The molecule has 0 aromatic carbocycles. The number of nitrogens with zero attached hydrogens (tertiary/aromatic N) is 2. The molecule has 3 aliphatic heterocycles. The van der Waals surface area contributed by atoms with Crippen LogP contribution in [0, 0.1) is 23.2 Å². The molecule has 2 aromatic heterocycles. The molecule has 3 saturated heterocycles. The zero-order valence-electron chi connectivity index (χ0n) is 18.7. The van der Waals surface area contributed by atoms with Crippen molar-refractivity contribution in [3.63, 3.8) is 0 Å². The van der Waals surface area contributed by atoms with Crippen LogP contribution in [0.15, 0.2) is 11.4 Å². The number of amides is 3. The minimum Gasteiger partial charge on any atom is -0.356 e.